The molecular weight excluding hydrogens is 364 g/mol. The van der Waals surface area contributed by atoms with Gasteiger partial charge in [0.15, 0.2) is 0 Å². The Hall–Kier alpha value is -2.92. The Morgan fingerprint density at radius 3 is 1.73 bits per heavy atom. The average Bonchev–Trinajstić information content (AvgIpc) is 2.94. The van der Waals surface area contributed by atoms with Crippen LogP contribution in [0.15, 0.2) is 47.5 Å². The van der Waals surface area contributed by atoms with Crippen molar-refractivity contribution in [2.45, 2.75) is 67.2 Å². The zero-order valence-corrected chi connectivity index (χ0v) is 19.2. The molecule has 0 amide bonds. The summed E-state index contributed by atoms with van der Waals surface area (Å²) >= 11 is 0. The van der Waals surface area contributed by atoms with E-state index >= 15 is 0 Å². The van der Waals surface area contributed by atoms with Crippen LogP contribution in [0.3, 0.4) is 0 Å². The monoisotopic (exact) mass is 396 g/mol. The minimum Gasteiger partial charge on any atom is -0.493 e. The van der Waals surface area contributed by atoms with Gasteiger partial charge in [0.2, 0.25) is 11.4 Å². The van der Waals surface area contributed by atoms with Crippen LogP contribution < -0.4 is 0 Å². The second-order valence-electron chi connectivity index (χ2n) is 8.37. The van der Waals surface area contributed by atoms with E-state index in [0.717, 1.165) is 59.4 Å². The first-order valence-corrected chi connectivity index (χ1v) is 11.0. The van der Waals surface area contributed by atoms with Gasteiger partial charge < -0.3 is 5.53 Å². The fourth-order valence-corrected chi connectivity index (χ4v) is 4.30. The second-order valence-corrected chi connectivity index (χ2v) is 8.37. The standard InChI is InChI=1S/C28H32N2/c1-7-9-11-25-26(12-10-8-2)28(24-17-21(5)14-22(6)18-24)30(29)27(25)23-15-19(3)13-20(4)16-23/h13-18H,7-9,11H2,1-6H3. The van der Waals surface area contributed by atoms with Gasteiger partial charge in [0.1, 0.15) is 5.57 Å². The molecule has 2 heteroatoms. The number of hydrogen-bond acceptors (Lipinski definition) is 0. The highest BCUT2D eigenvalue weighted by Crippen LogP contribution is 2.42. The molecule has 3 rings (SSSR count). The maximum Gasteiger partial charge on any atom is 0.223 e. The molecular formula is C28H32N2. The third kappa shape index (κ3) is 4.46. The number of hydrogen-bond donors (Lipinski definition) is 0. The minimum absolute atomic E-state index is 0.787. The van der Waals surface area contributed by atoms with Crippen molar-refractivity contribution in [3.63, 3.8) is 0 Å². The van der Waals surface area contributed by atoms with Crippen molar-refractivity contribution >= 4 is 11.4 Å². The van der Waals surface area contributed by atoms with Crippen LogP contribution >= 0.6 is 0 Å². The SMILES string of the molecule is CCC#CC1=C(c2cc(C)cc(C)c2)[N+](=[N-])C(c2cc(C)cc(C)c2)=C1CCCC. The first-order chi connectivity index (χ1) is 14.3. The number of rotatable bonds is 5. The van der Waals surface area contributed by atoms with E-state index in [9.17, 15) is 5.53 Å². The summed E-state index contributed by atoms with van der Waals surface area (Å²) in [4.78, 5) is 0. The molecule has 30 heavy (non-hydrogen) atoms. The summed E-state index contributed by atoms with van der Waals surface area (Å²) in [6.07, 6.45) is 3.85. The lowest BCUT2D eigenvalue weighted by molar-refractivity contribution is -0.345. The van der Waals surface area contributed by atoms with E-state index in [1.807, 2.05) is 0 Å². The predicted octanol–water partition coefficient (Wildman–Crippen LogP) is 7.69. The van der Waals surface area contributed by atoms with Gasteiger partial charge in [-0.3, -0.25) is 0 Å². The lowest BCUT2D eigenvalue weighted by Crippen LogP contribution is -2.03. The van der Waals surface area contributed by atoms with Crippen LogP contribution in [-0.4, -0.2) is 4.70 Å². The van der Waals surface area contributed by atoms with E-state index in [0.29, 0.717) is 0 Å². The largest absolute Gasteiger partial charge is 0.493 e. The van der Waals surface area contributed by atoms with Crippen molar-refractivity contribution in [2.75, 3.05) is 0 Å². The molecule has 0 radical (unpaired) electrons. The van der Waals surface area contributed by atoms with Crippen LogP contribution in [-0.2, 0) is 0 Å². The smallest absolute Gasteiger partial charge is 0.223 e. The molecule has 1 aliphatic rings. The highest BCUT2D eigenvalue weighted by molar-refractivity contribution is 5.85. The molecule has 0 fully saturated rings. The summed E-state index contributed by atoms with van der Waals surface area (Å²) < 4.78 is 1.40. The Labute approximate surface area is 181 Å². The highest BCUT2D eigenvalue weighted by atomic mass is 15.2. The molecule has 0 unspecified atom stereocenters. The fraction of sp³-hybridized carbons (Fsp3) is 0.357. The minimum atomic E-state index is 0.787. The van der Waals surface area contributed by atoms with Crippen molar-refractivity contribution in [3.05, 3.63) is 86.5 Å². The van der Waals surface area contributed by atoms with Crippen LogP contribution in [0.1, 0.15) is 72.9 Å². The molecule has 1 heterocycles. The molecule has 2 aromatic rings. The topological polar surface area (TPSA) is 25.3 Å². The van der Waals surface area contributed by atoms with Gasteiger partial charge >= 0.3 is 0 Å². The Morgan fingerprint density at radius 1 is 0.767 bits per heavy atom. The van der Waals surface area contributed by atoms with Gasteiger partial charge in [0.25, 0.3) is 0 Å². The molecule has 2 aromatic carbocycles. The predicted molar refractivity (Wildman–Crippen MR) is 127 cm³/mol. The molecule has 0 aromatic heterocycles. The number of allylic oxidation sites excluding steroid dienone is 2. The van der Waals surface area contributed by atoms with Crippen molar-refractivity contribution < 1.29 is 4.70 Å². The van der Waals surface area contributed by atoms with E-state index in [1.54, 1.807) is 0 Å². The molecule has 2 nitrogen and oxygen atoms in total. The molecule has 0 N–H and O–H groups in total. The first kappa shape index (κ1) is 21.8. The van der Waals surface area contributed by atoms with Crippen molar-refractivity contribution in [3.8, 4) is 11.8 Å². The number of unbranched alkanes of at least 4 members (excludes halogenated alkanes) is 1. The van der Waals surface area contributed by atoms with E-state index in [2.05, 4.69) is 89.8 Å². The molecule has 0 atom stereocenters. The summed E-state index contributed by atoms with van der Waals surface area (Å²) in [5.74, 6) is 6.67. The van der Waals surface area contributed by atoms with Gasteiger partial charge in [-0.1, -0.05) is 66.5 Å². The normalized spacial score (nSPS) is 13.7. The quantitative estimate of drug-likeness (QED) is 0.365. The molecule has 0 spiro atoms. The Kier molecular flexibility index (Phi) is 6.73. The summed E-state index contributed by atoms with van der Waals surface area (Å²) in [6.45, 7) is 12.7. The third-order valence-electron chi connectivity index (χ3n) is 5.41. The Balaban J connectivity index is 2.30. The zero-order valence-electron chi connectivity index (χ0n) is 19.2. The van der Waals surface area contributed by atoms with Gasteiger partial charge in [-0.25, -0.2) is 4.70 Å². The number of benzene rings is 2. The average molecular weight is 397 g/mol. The van der Waals surface area contributed by atoms with Crippen LogP contribution in [0.2, 0.25) is 0 Å². The number of nitrogens with zero attached hydrogens (tertiary/aromatic N) is 2. The first-order valence-electron chi connectivity index (χ1n) is 11.0. The van der Waals surface area contributed by atoms with Crippen LogP contribution in [0.5, 0.6) is 0 Å². The maximum absolute atomic E-state index is 11.5. The van der Waals surface area contributed by atoms with E-state index < -0.39 is 0 Å². The lowest BCUT2D eigenvalue weighted by Gasteiger charge is -2.11. The summed E-state index contributed by atoms with van der Waals surface area (Å²) in [6, 6.07) is 12.9. The molecule has 0 saturated carbocycles. The second kappa shape index (κ2) is 9.26. The summed E-state index contributed by atoms with van der Waals surface area (Å²) in [5.41, 5.74) is 22.1. The summed E-state index contributed by atoms with van der Waals surface area (Å²) in [7, 11) is 0. The van der Waals surface area contributed by atoms with Gasteiger partial charge in [-0.05, 0) is 64.8 Å². The van der Waals surface area contributed by atoms with Gasteiger partial charge in [-0.2, -0.15) is 0 Å². The van der Waals surface area contributed by atoms with E-state index in [4.69, 9.17) is 0 Å². The Bertz CT molecular complexity index is 1080. The van der Waals surface area contributed by atoms with Crippen LogP contribution in [0.25, 0.3) is 16.9 Å². The van der Waals surface area contributed by atoms with Gasteiger partial charge in [0, 0.05) is 23.1 Å². The van der Waals surface area contributed by atoms with Crippen LogP contribution in [0, 0.1) is 39.5 Å². The fourth-order valence-electron chi connectivity index (χ4n) is 4.30. The molecule has 0 bridgehead atoms. The molecule has 154 valence electrons. The van der Waals surface area contributed by atoms with E-state index in [-0.39, 0.29) is 0 Å². The Morgan fingerprint density at radius 2 is 1.27 bits per heavy atom. The molecule has 1 aliphatic heterocycles. The lowest BCUT2D eigenvalue weighted by atomic mass is 9.94. The van der Waals surface area contributed by atoms with Crippen LogP contribution in [0.4, 0.5) is 0 Å². The zero-order chi connectivity index (χ0) is 21.8. The van der Waals surface area contributed by atoms with Crippen molar-refractivity contribution in [1.82, 2.24) is 0 Å². The number of aryl methyl sites for hydroxylation is 4. The molecule has 0 aliphatic carbocycles. The maximum atomic E-state index is 11.5. The van der Waals surface area contributed by atoms with E-state index in [1.165, 1.54) is 27.0 Å². The third-order valence-corrected chi connectivity index (χ3v) is 5.41. The summed E-state index contributed by atoms with van der Waals surface area (Å²) in [5, 5.41) is 0. The highest BCUT2D eigenvalue weighted by Gasteiger charge is 2.35. The van der Waals surface area contributed by atoms with Crippen molar-refractivity contribution in [1.29, 1.82) is 0 Å². The van der Waals surface area contributed by atoms with Crippen molar-refractivity contribution in [2.24, 2.45) is 0 Å². The molecule has 0 saturated heterocycles. The van der Waals surface area contributed by atoms with Gasteiger partial charge in [0.05, 0.1) is 0 Å². The van der Waals surface area contributed by atoms with Gasteiger partial charge in [-0.15, -0.1) is 0 Å².